The van der Waals surface area contributed by atoms with Gasteiger partial charge in [-0.2, -0.15) is 0 Å². The average Bonchev–Trinajstić information content (AvgIpc) is 3.53. The van der Waals surface area contributed by atoms with Crippen molar-refractivity contribution < 1.29 is 18.7 Å². The van der Waals surface area contributed by atoms with Gasteiger partial charge in [-0.1, -0.05) is 42.1 Å². The predicted octanol–water partition coefficient (Wildman–Crippen LogP) is 4.35. The first-order valence-electron chi connectivity index (χ1n) is 10.0. The molecule has 5 rings (SSSR count). The Morgan fingerprint density at radius 1 is 1.09 bits per heavy atom. The van der Waals surface area contributed by atoms with Gasteiger partial charge in [0, 0.05) is 11.8 Å². The summed E-state index contributed by atoms with van der Waals surface area (Å²) in [5.41, 5.74) is 2.65. The summed E-state index contributed by atoms with van der Waals surface area (Å²) in [5, 5.41) is 12.3. The number of carbonyl (C=O) groups is 1. The summed E-state index contributed by atoms with van der Waals surface area (Å²) in [6, 6.07) is 17.3. The normalized spacial score (nSPS) is 12.2. The van der Waals surface area contributed by atoms with Crippen LogP contribution in [0.5, 0.6) is 11.5 Å². The predicted molar refractivity (Wildman–Crippen MR) is 120 cm³/mol. The first kappa shape index (κ1) is 20.2. The number of carbonyl (C=O) groups excluding carboxylic acids is 1. The van der Waals surface area contributed by atoms with Crippen LogP contribution >= 0.6 is 11.8 Å². The Labute approximate surface area is 188 Å². The monoisotopic (exact) mass is 448 g/mol. The van der Waals surface area contributed by atoms with Gasteiger partial charge in [0.1, 0.15) is 5.76 Å². The van der Waals surface area contributed by atoms with E-state index in [1.54, 1.807) is 24.5 Å². The molecule has 0 aliphatic carbocycles. The van der Waals surface area contributed by atoms with E-state index in [-0.39, 0.29) is 18.5 Å². The third kappa shape index (κ3) is 4.19. The van der Waals surface area contributed by atoms with Gasteiger partial charge in [-0.25, -0.2) is 0 Å². The van der Waals surface area contributed by atoms with E-state index in [4.69, 9.17) is 13.9 Å². The van der Waals surface area contributed by atoms with Crippen LogP contribution in [0.1, 0.15) is 11.3 Å². The largest absolute Gasteiger partial charge is 0.469 e. The molecule has 1 aliphatic rings. The lowest BCUT2D eigenvalue weighted by molar-refractivity contribution is -0.113. The molecule has 0 unspecified atom stereocenters. The molecule has 0 saturated carbocycles. The molecule has 0 radical (unpaired) electrons. The highest BCUT2D eigenvalue weighted by atomic mass is 32.2. The number of hydrogen-bond donors (Lipinski definition) is 1. The van der Waals surface area contributed by atoms with Crippen LogP contribution in [0.25, 0.3) is 11.4 Å². The van der Waals surface area contributed by atoms with E-state index in [1.807, 2.05) is 47.9 Å². The van der Waals surface area contributed by atoms with Crippen molar-refractivity contribution in [1.29, 1.82) is 0 Å². The zero-order valence-electron chi connectivity index (χ0n) is 17.3. The standard InChI is InChI=1S/C23H20N4O4S/c1-15-18(9-10-29-15)22-25-26-23(27(22)12-16-5-3-2-4-6-16)32-13-21(28)24-17-7-8-19-20(11-17)31-14-30-19/h2-11H,12-14H2,1H3,(H,24,28). The van der Waals surface area contributed by atoms with E-state index >= 15 is 0 Å². The first-order chi connectivity index (χ1) is 15.7. The first-order valence-corrected chi connectivity index (χ1v) is 11.0. The van der Waals surface area contributed by atoms with Crippen LogP contribution in [0.2, 0.25) is 0 Å². The zero-order valence-corrected chi connectivity index (χ0v) is 18.1. The lowest BCUT2D eigenvalue weighted by atomic mass is 10.2. The smallest absolute Gasteiger partial charge is 0.234 e. The number of benzene rings is 2. The number of nitrogens with one attached hydrogen (secondary N) is 1. The molecular weight excluding hydrogens is 428 g/mol. The number of anilines is 1. The van der Waals surface area contributed by atoms with E-state index in [0.717, 1.165) is 16.9 Å². The number of aromatic nitrogens is 3. The molecule has 4 aromatic rings. The van der Waals surface area contributed by atoms with Crippen LogP contribution < -0.4 is 14.8 Å². The third-order valence-corrected chi connectivity index (χ3v) is 5.96. The van der Waals surface area contributed by atoms with Gasteiger partial charge < -0.3 is 19.2 Å². The van der Waals surface area contributed by atoms with Crippen LogP contribution in [-0.4, -0.2) is 33.2 Å². The van der Waals surface area contributed by atoms with Crippen molar-refractivity contribution in [2.75, 3.05) is 17.9 Å². The Balaban J connectivity index is 1.33. The molecule has 2 aromatic heterocycles. The molecule has 1 amide bonds. The molecule has 2 aromatic carbocycles. The average molecular weight is 449 g/mol. The van der Waals surface area contributed by atoms with Crippen LogP contribution in [0.15, 0.2) is 70.4 Å². The molecule has 8 nitrogen and oxygen atoms in total. The highest BCUT2D eigenvalue weighted by Gasteiger charge is 2.19. The Hall–Kier alpha value is -3.72. The number of hydrogen-bond acceptors (Lipinski definition) is 7. The van der Waals surface area contributed by atoms with Crippen molar-refractivity contribution in [2.45, 2.75) is 18.6 Å². The Morgan fingerprint density at radius 2 is 1.94 bits per heavy atom. The van der Waals surface area contributed by atoms with Crippen LogP contribution in [0, 0.1) is 6.92 Å². The minimum atomic E-state index is -0.149. The minimum absolute atomic E-state index is 0.149. The van der Waals surface area contributed by atoms with Gasteiger partial charge in [0.15, 0.2) is 22.5 Å². The summed E-state index contributed by atoms with van der Waals surface area (Å²) in [4.78, 5) is 12.6. The summed E-state index contributed by atoms with van der Waals surface area (Å²) in [6.07, 6.45) is 1.64. The van der Waals surface area contributed by atoms with Gasteiger partial charge in [-0.15, -0.1) is 10.2 Å². The van der Waals surface area contributed by atoms with E-state index < -0.39 is 0 Å². The summed E-state index contributed by atoms with van der Waals surface area (Å²) in [6.45, 7) is 2.67. The van der Waals surface area contributed by atoms with Gasteiger partial charge in [-0.3, -0.25) is 9.36 Å². The molecule has 162 valence electrons. The van der Waals surface area contributed by atoms with Gasteiger partial charge in [0.25, 0.3) is 0 Å². The van der Waals surface area contributed by atoms with Gasteiger partial charge in [0.05, 0.1) is 24.1 Å². The summed E-state index contributed by atoms with van der Waals surface area (Å²) >= 11 is 1.33. The molecule has 0 fully saturated rings. The van der Waals surface area contributed by atoms with Crippen LogP contribution in [0.3, 0.4) is 0 Å². The number of fused-ring (bicyclic) bond motifs is 1. The molecule has 9 heteroatoms. The van der Waals surface area contributed by atoms with Gasteiger partial charge in [0.2, 0.25) is 12.7 Å². The second kappa shape index (κ2) is 8.80. The molecule has 1 N–H and O–H groups in total. The second-order valence-corrected chi connectivity index (χ2v) is 8.12. The molecule has 0 bridgehead atoms. The second-order valence-electron chi connectivity index (χ2n) is 7.17. The van der Waals surface area contributed by atoms with E-state index in [2.05, 4.69) is 15.5 Å². The van der Waals surface area contributed by atoms with Crippen molar-refractivity contribution in [3.05, 3.63) is 72.2 Å². The van der Waals surface area contributed by atoms with Gasteiger partial charge in [-0.05, 0) is 30.7 Å². The highest BCUT2D eigenvalue weighted by Crippen LogP contribution is 2.34. The fraction of sp³-hybridized carbons (Fsp3) is 0.174. The summed E-state index contributed by atoms with van der Waals surface area (Å²) < 4.78 is 18.1. The topological polar surface area (TPSA) is 91.4 Å². The van der Waals surface area contributed by atoms with Crippen LogP contribution in [-0.2, 0) is 11.3 Å². The van der Waals surface area contributed by atoms with Gasteiger partial charge >= 0.3 is 0 Å². The molecular formula is C23H20N4O4S. The number of thioether (sulfide) groups is 1. The zero-order chi connectivity index (χ0) is 21.9. The highest BCUT2D eigenvalue weighted by molar-refractivity contribution is 7.99. The number of furan rings is 1. The van der Waals surface area contributed by atoms with Crippen molar-refractivity contribution in [3.63, 3.8) is 0 Å². The van der Waals surface area contributed by atoms with Crippen LogP contribution in [0.4, 0.5) is 5.69 Å². The summed E-state index contributed by atoms with van der Waals surface area (Å²) in [5.74, 6) is 2.81. The third-order valence-electron chi connectivity index (χ3n) is 4.99. The minimum Gasteiger partial charge on any atom is -0.469 e. The molecule has 0 atom stereocenters. The van der Waals surface area contributed by atoms with Crippen molar-refractivity contribution in [3.8, 4) is 22.9 Å². The number of aryl methyl sites for hydroxylation is 1. The number of ether oxygens (including phenoxy) is 2. The maximum Gasteiger partial charge on any atom is 0.234 e. The van der Waals surface area contributed by atoms with Crippen molar-refractivity contribution >= 4 is 23.4 Å². The maximum atomic E-state index is 12.6. The van der Waals surface area contributed by atoms with E-state index in [0.29, 0.717) is 34.7 Å². The SMILES string of the molecule is Cc1occc1-c1nnc(SCC(=O)Nc2ccc3c(c2)OCO3)n1Cc1ccccc1. The Kier molecular flexibility index (Phi) is 5.55. The number of amides is 1. The Bertz CT molecular complexity index is 1250. The number of nitrogens with zero attached hydrogens (tertiary/aromatic N) is 3. The van der Waals surface area contributed by atoms with E-state index in [1.165, 1.54) is 11.8 Å². The fourth-order valence-electron chi connectivity index (χ4n) is 3.42. The lowest BCUT2D eigenvalue weighted by Gasteiger charge is -2.10. The maximum absolute atomic E-state index is 12.6. The van der Waals surface area contributed by atoms with Crippen molar-refractivity contribution in [2.24, 2.45) is 0 Å². The fourth-order valence-corrected chi connectivity index (χ4v) is 4.16. The van der Waals surface area contributed by atoms with E-state index in [9.17, 15) is 4.79 Å². The molecule has 0 spiro atoms. The quantitative estimate of drug-likeness (QED) is 0.420. The molecule has 3 heterocycles. The summed E-state index contributed by atoms with van der Waals surface area (Å²) in [7, 11) is 0. The molecule has 0 saturated heterocycles. The van der Waals surface area contributed by atoms with Crippen molar-refractivity contribution in [1.82, 2.24) is 14.8 Å². The molecule has 1 aliphatic heterocycles. The Morgan fingerprint density at radius 3 is 2.75 bits per heavy atom. The lowest BCUT2D eigenvalue weighted by Crippen LogP contribution is -2.14. The molecule has 32 heavy (non-hydrogen) atoms. The number of rotatable bonds is 7.